The van der Waals surface area contributed by atoms with Crippen molar-refractivity contribution in [3.63, 3.8) is 0 Å². The summed E-state index contributed by atoms with van der Waals surface area (Å²) in [6.07, 6.45) is -5.86. The first-order chi connectivity index (χ1) is 10.2. The maximum absolute atomic E-state index is 12.1. The summed E-state index contributed by atoms with van der Waals surface area (Å²) in [6.45, 7) is 1.87. The van der Waals surface area contributed by atoms with Gasteiger partial charge in [0.05, 0.1) is 21.3 Å². The van der Waals surface area contributed by atoms with Gasteiger partial charge < -0.3 is 0 Å². The van der Waals surface area contributed by atoms with Crippen LogP contribution in [0.2, 0.25) is 0 Å². The number of hydrogen-bond acceptors (Lipinski definition) is 4. The number of rotatable bonds is 5. The van der Waals surface area contributed by atoms with E-state index in [1.165, 1.54) is 23.5 Å². The molecule has 0 fully saturated rings. The van der Waals surface area contributed by atoms with E-state index in [0.717, 1.165) is 16.3 Å². The van der Waals surface area contributed by atoms with Crippen molar-refractivity contribution in [2.45, 2.75) is 30.8 Å². The molecule has 0 radical (unpaired) electrons. The largest absolute Gasteiger partial charge is 0.389 e. The van der Waals surface area contributed by atoms with Crippen LogP contribution in [0, 0.1) is 6.92 Å². The standard InChI is InChI=1S/C14H14F3NO2S2/c1-10-18-13(9-21-10)11-3-5-12(6-4-11)22(19,20)8-2-7-14(15,16)17/h3-6,9H,2,7-8H2,1H3. The van der Waals surface area contributed by atoms with Crippen molar-refractivity contribution in [1.82, 2.24) is 4.98 Å². The van der Waals surface area contributed by atoms with Gasteiger partial charge in [-0.1, -0.05) is 12.1 Å². The minimum Gasteiger partial charge on any atom is -0.242 e. The Morgan fingerprint density at radius 3 is 2.32 bits per heavy atom. The van der Waals surface area contributed by atoms with Gasteiger partial charge in [-0.3, -0.25) is 0 Å². The molecule has 0 aliphatic heterocycles. The molecule has 0 unspecified atom stereocenters. The fourth-order valence-electron chi connectivity index (χ4n) is 1.91. The molecule has 2 rings (SSSR count). The molecule has 22 heavy (non-hydrogen) atoms. The minimum absolute atomic E-state index is 0.0328. The Labute approximate surface area is 130 Å². The molecular weight excluding hydrogens is 335 g/mol. The quantitative estimate of drug-likeness (QED) is 0.811. The Balaban J connectivity index is 2.09. The number of sulfone groups is 1. The van der Waals surface area contributed by atoms with E-state index in [1.807, 2.05) is 12.3 Å². The highest BCUT2D eigenvalue weighted by molar-refractivity contribution is 7.91. The molecule has 3 nitrogen and oxygen atoms in total. The zero-order valence-corrected chi connectivity index (χ0v) is 13.4. The molecule has 0 spiro atoms. The zero-order valence-electron chi connectivity index (χ0n) is 11.7. The third-order valence-corrected chi connectivity index (χ3v) is 5.59. The summed E-state index contributed by atoms with van der Waals surface area (Å²) in [5.41, 5.74) is 1.53. The van der Waals surface area contributed by atoms with Gasteiger partial charge in [0.2, 0.25) is 0 Å². The van der Waals surface area contributed by atoms with E-state index < -0.39 is 34.6 Å². The van der Waals surface area contributed by atoms with Crippen LogP contribution in [0.5, 0.6) is 0 Å². The third kappa shape index (κ3) is 4.54. The highest BCUT2D eigenvalue weighted by Gasteiger charge is 2.27. The van der Waals surface area contributed by atoms with Gasteiger partial charge in [-0.2, -0.15) is 13.2 Å². The van der Waals surface area contributed by atoms with E-state index in [4.69, 9.17) is 0 Å². The molecule has 0 saturated carbocycles. The van der Waals surface area contributed by atoms with Gasteiger partial charge in [0, 0.05) is 17.4 Å². The van der Waals surface area contributed by atoms with Crippen LogP contribution in [-0.2, 0) is 9.84 Å². The summed E-state index contributed by atoms with van der Waals surface area (Å²) in [7, 11) is -3.69. The molecular formula is C14H14F3NO2S2. The third-order valence-electron chi connectivity index (χ3n) is 3.00. The second-order valence-electron chi connectivity index (χ2n) is 4.81. The number of halogens is 3. The SMILES string of the molecule is Cc1nc(-c2ccc(S(=O)(=O)CCCC(F)(F)F)cc2)cs1. The molecule has 2 aromatic rings. The molecule has 0 amide bonds. The molecule has 1 heterocycles. The van der Waals surface area contributed by atoms with E-state index in [-0.39, 0.29) is 4.90 Å². The predicted octanol–water partition coefficient (Wildman–Crippen LogP) is 4.23. The molecule has 0 saturated heterocycles. The maximum Gasteiger partial charge on any atom is 0.389 e. The van der Waals surface area contributed by atoms with E-state index in [0.29, 0.717) is 0 Å². The van der Waals surface area contributed by atoms with Crippen LogP contribution in [0.4, 0.5) is 13.2 Å². The number of aromatic nitrogens is 1. The Morgan fingerprint density at radius 1 is 1.18 bits per heavy atom. The van der Waals surface area contributed by atoms with E-state index in [9.17, 15) is 21.6 Å². The van der Waals surface area contributed by atoms with Gasteiger partial charge in [-0.25, -0.2) is 13.4 Å². The van der Waals surface area contributed by atoms with E-state index >= 15 is 0 Å². The first-order valence-corrected chi connectivity index (χ1v) is 9.03. The van der Waals surface area contributed by atoms with Crippen LogP contribution in [-0.4, -0.2) is 25.3 Å². The number of nitrogens with zero attached hydrogens (tertiary/aromatic N) is 1. The summed E-state index contributed by atoms with van der Waals surface area (Å²) in [5.74, 6) is -0.512. The Bertz CT molecular complexity index is 734. The average molecular weight is 349 g/mol. The number of benzene rings is 1. The van der Waals surface area contributed by atoms with Crippen LogP contribution >= 0.6 is 11.3 Å². The topological polar surface area (TPSA) is 47.0 Å². The summed E-state index contributed by atoms with van der Waals surface area (Å²) in [6, 6.07) is 6.05. The smallest absolute Gasteiger partial charge is 0.242 e. The molecule has 1 aromatic heterocycles. The number of hydrogen-bond donors (Lipinski definition) is 0. The maximum atomic E-state index is 12.1. The van der Waals surface area contributed by atoms with Crippen LogP contribution in [0.15, 0.2) is 34.5 Å². The van der Waals surface area contributed by atoms with E-state index in [1.54, 1.807) is 12.1 Å². The lowest BCUT2D eigenvalue weighted by Gasteiger charge is -2.07. The van der Waals surface area contributed by atoms with E-state index in [2.05, 4.69) is 4.98 Å². The highest BCUT2D eigenvalue weighted by atomic mass is 32.2. The van der Waals surface area contributed by atoms with Crippen molar-refractivity contribution < 1.29 is 21.6 Å². The van der Waals surface area contributed by atoms with Crippen molar-refractivity contribution in [1.29, 1.82) is 0 Å². The molecule has 0 N–H and O–H groups in total. The van der Waals surface area contributed by atoms with Gasteiger partial charge >= 0.3 is 6.18 Å². The normalized spacial score (nSPS) is 12.5. The summed E-state index contributed by atoms with van der Waals surface area (Å²) in [4.78, 5) is 4.33. The molecule has 0 aliphatic carbocycles. The Hall–Kier alpha value is -1.41. The lowest BCUT2D eigenvalue weighted by Crippen LogP contribution is -2.12. The molecule has 8 heteroatoms. The Morgan fingerprint density at radius 2 is 1.82 bits per heavy atom. The lowest BCUT2D eigenvalue weighted by molar-refractivity contribution is -0.134. The molecule has 0 aliphatic rings. The first-order valence-electron chi connectivity index (χ1n) is 6.49. The van der Waals surface area contributed by atoms with Crippen molar-refractivity contribution >= 4 is 21.2 Å². The van der Waals surface area contributed by atoms with Gasteiger partial charge in [0.1, 0.15) is 0 Å². The summed E-state index contributed by atoms with van der Waals surface area (Å²) in [5, 5.41) is 2.76. The van der Waals surface area contributed by atoms with Crippen LogP contribution in [0.1, 0.15) is 17.8 Å². The van der Waals surface area contributed by atoms with Gasteiger partial charge in [0.25, 0.3) is 0 Å². The van der Waals surface area contributed by atoms with Crippen molar-refractivity contribution in [2.24, 2.45) is 0 Å². The molecule has 120 valence electrons. The van der Waals surface area contributed by atoms with Crippen LogP contribution in [0.25, 0.3) is 11.3 Å². The number of aryl methyl sites for hydroxylation is 1. The van der Waals surface area contributed by atoms with Gasteiger partial charge in [-0.05, 0) is 25.5 Å². The fraction of sp³-hybridized carbons (Fsp3) is 0.357. The zero-order chi connectivity index (χ0) is 16.4. The summed E-state index contributed by atoms with van der Waals surface area (Å²) >= 11 is 1.49. The second-order valence-corrected chi connectivity index (χ2v) is 7.99. The fourth-order valence-corrected chi connectivity index (χ4v) is 3.84. The lowest BCUT2D eigenvalue weighted by atomic mass is 10.2. The second kappa shape index (κ2) is 6.37. The van der Waals surface area contributed by atoms with Gasteiger partial charge in [-0.15, -0.1) is 11.3 Å². The minimum atomic E-state index is -4.33. The molecule has 0 atom stereocenters. The van der Waals surface area contributed by atoms with Gasteiger partial charge in [0.15, 0.2) is 9.84 Å². The summed E-state index contributed by atoms with van der Waals surface area (Å²) < 4.78 is 60.2. The van der Waals surface area contributed by atoms with Crippen molar-refractivity contribution in [2.75, 3.05) is 5.75 Å². The molecule has 1 aromatic carbocycles. The average Bonchev–Trinajstić information content (AvgIpc) is 2.84. The number of alkyl halides is 3. The van der Waals surface area contributed by atoms with Crippen molar-refractivity contribution in [3.8, 4) is 11.3 Å². The first kappa shape index (κ1) is 17.0. The predicted molar refractivity (Wildman–Crippen MR) is 79.6 cm³/mol. The highest BCUT2D eigenvalue weighted by Crippen LogP contribution is 2.25. The Kier molecular flexibility index (Phi) is 4.91. The monoisotopic (exact) mass is 349 g/mol. The van der Waals surface area contributed by atoms with Crippen LogP contribution in [0.3, 0.4) is 0 Å². The number of thiazole rings is 1. The molecule has 0 bridgehead atoms. The van der Waals surface area contributed by atoms with Crippen molar-refractivity contribution in [3.05, 3.63) is 34.7 Å². The van der Waals surface area contributed by atoms with Crippen LogP contribution < -0.4 is 0 Å².